The Hall–Kier alpha value is -0.850. The van der Waals surface area contributed by atoms with Gasteiger partial charge in [-0.25, -0.2) is 0 Å². The van der Waals surface area contributed by atoms with Gasteiger partial charge in [0.1, 0.15) is 6.61 Å². The van der Waals surface area contributed by atoms with E-state index in [2.05, 4.69) is 9.72 Å². The number of nitrogens with zero attached hydrogens (tertiary/aromatic N) is 1. The Morgan fingerprint density at radius 3 is 2.78 bits per heavy atom. The summed E-state index contributed by atoms with van der Waals surface area (Å²) in [6, 6.07) is 1.44. The molecule has 0 bridgehead atoms. The van der Waals surface area contributed by atoms with Crippen LogP contribution in [0.4, 0.5) is 13.2 Å². The standard InChI is InChI=1S/C11H14ClF3N2O/c12-10-6-17-3-1-8(10)5-9(16)2-4-18-7-11(13,14)15/h1,3,6,9H,2,4-5,7,16H2. The fraction of sp³-hybridized carbons (Fsp3) is 0.545. The topological polar surface area (TPSA) is 48.1 Å². The summed E-state index contributed by atoms with van der Waals surface area (Å²) >= 11 is 5.89. The Labute approximate surface area is 108 Å². The molecule has 0 aliphatic heterocycles. The third-order valence-corrected chi connectivity index (χ3v) is 2.58. The molecule has 1 atom stereocenters. The normalized spacial score (nSPS) is 13.6. The molecule has 18 heavy (non-hydrogen) atoms. The summed E-state index contributed by atoms with van der Waals surface area (Å²) < 4.78 is 39.9. The van der Waals surface area contributed by atoms with Gasteiger partial charge in [0, 0.05) is 25.0 Å². The molecule has 2 N–H and O–H groups in total. The van der Waals surface area contributed by atoms with E-state index in [1.165, 1.54) is 6.20 Å². The number of aromatic nitrogens is 1. The van der Waals surface area contributed by atoms with Crippen molar-refractivity contribution < 1.29 is 17.9 Å². The highest BCUT2D eigenvalue weighted by Crippen LogP contribution is 2.16. The Kier molecular flexibility index (Phi) is 5.84. The van der Waals surface area contributed by atoms with Crippen LogP contribution in [0.2, 0.25) is 5.02 Å². The first-order valence-electron chi connectivity index (χ1n) is 5.37. The number of rotatable bonds is 6. The molecule has 1 heterocycles. The van der Waals surface area contributed by atoms with E-state index in [-0.39, 0.29) is 12.6 Å². The summed E-state index contributed by atoms with van der Waals surface area (Å²) in [5.41, 5.74) is 6.61. The smallest absolute Gasteiger partial charge is 0.372 e. The SMILES string of the molecule is NC(CCOCC(F)(F)F)Cc1ccncc1Cl. The van der Waals surface area contributed by atoms with Gasteiger partial charge >= 0.3 is 6.18 Å². The molecule has 0 spiro atoms. The van der Waals surface area contributed by atoms with E-state index in [9.17, 15) is 13.2 Å². The monoisotopic (exact) mass is 282 g/mol. The lowest BCUT2D eigenvalue weighted by atomic mass is 10.1. The molecule has 0 fully saturated rings. The van der Waals surface area contributed by atoms with Crippen LogP contribution in [0.15, 0.2) is 18.5 Å². The maximum atomic E-state index is 11.8. The minimum atomic E-state index is -4.29. The van der Waals surface area contributed by atoms with Crippen LogP contribution in [0.25, 0.3) is 0 Å². The minimum absolute atomic E-state index is 0.0244. The number of hydrogen-bond acceptors (Lipinski definition) is 3. The molecule has 102 valence electrons. The number of pyridine rings is 1. The van der Waals surface area contributed by atoms with Crippen LogP contribution in [-0.2, 0) is 11.2 Å². The second-order valence-electron chi connectivity index (χ2n) is 3.89. The van der Waals surface area contributed by atoms with Crippen molar-refractivity contribution >= 4 is 11.6 Å². The van der Waals surface area contributed by atoms with Gasteiger partial charge < -0.3 is 10.5 Å². The summed E-state index contributed by atoms with van der Waals surface area (Å²) in [5, 5.41) is 0.504. The van der Waals surface area contributed by atoms with Crippen molar-refractivity contribution in [1.82, 2.24) is 4.98 Å². The van der Waals surface area contributed by atoms with E-state index in [0.717, 1.165) is 5.56 Å². The van der Waals surface area contributed by atoms with Crippen LogP contribution in [-0.4, -0.2) is 30.4 Å². The number of alkyl halides is 3. The second-order valence-corrected chi connectivity index (χ2v) is 4.29. The van der Waals surface area contributed by atoms with Gasteiger partial charge in [-0.2, -0.15) is 13.2 Å². The fourth-order valence-corrected chi connectivity index (χ4v) is 1.57. The zero-order chi connectivity index (χ0) is 13.6. The molecule has 0 radical (unpaired) electrons. The molecule has 7 heteroatoms. The highest BCUT2D eigenvalue weighted by molar-refractivity contribution is 6.31. The zero-order valence-corrected chi connectivity index (χ0v) is 10.3. The van der Waals surface area contributed by atoms with Crippen LogP contribution in [0, 0.1) is 0 Å². The van der Waals surface area contributed by atoms with Crippen molar-refractivity contribution in [2.75, 3.05) is 13.2 Å². The number of halogens is 4. The van der Waals surface area contributed by atoms with Gasteiger partial charge in [0.25, 0.3) is 0 Å². The van der Waals surface area contributed by atoms with Crippen LogP contribution in [0.1, 0.15) is 12.0 Å². The predicted octanol–water partition coefficient (Wildman–Crippen LogP) is 2.57. The largest absolute Gasteiger partial charge is 0.411 e. The molecule has 0 aliphatic carbocycles. The van der Waals surface area contributed by atoms with Crippen molar-refractivity contribution in [3.05, 3.63) is 29.0 Å². The number of ether oxygens (including phenoxy) is 1. The lowest BCUT2D eigenvalue weighted by molar-refractivity contribution is -0.174. The lowest BCUT2D eigenvalue weighted by Gasteiger charge is -2.13. The first-order valence-corrected chi connectivity index (χ1v) is 5.75. The molecule has 1 aromatic heterocycles. The Morgan fingerprint density at radius 1 is 1.44 bits per heavy atom. The Bertz CT molecular complexity index is 374. The van der Waals surface area contributed by atoms with Gasteiger partial charge in [-0.15, -0.1) is 0 Å². The minimum Gasteiger partial charge on any atom is -0.372 e. The highest BCUT2D eigenvalue weighted by atomic mass is 35.5. The first-order chi connectivity index (χ1) is 8.38. The molecule has 0 aromatic carbocycles. The van der Waals surface area contributed by atoms with E-state index < -0.39 is 12.8 Å². The first kappa shape index (κ1) is 15.2. The zero-order valence-electron chi connectivity index (χ0n) is 9.58. The maximum absolute atomic E-state index is 11.8. The fourth-order valence-electron chi connectivity index (χ4n) is 1.38. The van der Waals surface area contributed by atoms with Crippen molar-refractivity contribution in [2.24, 2.45) is 5.73 Å². The van der Waals surface area contributed by atoms with Crippen LogP contribution >= 0.6 is 11.6 Å². The molecule has 3 nitrogen and oxygen atoms in total. The molecular weight excluding hydrogens is 269 g/mol. The van der Waals surface area contributed by atoms with Crippen molar-refractivity contribution in [3.8, 4) is 0 Å². The summed E-state index contributed by atoms with van der Waals surface area (Å²) in [4.78, 5) is 3.83. The molecule has 0 saturated carbocycles. The number of nitrogens with two attached hydrogens (primary N) is 1. The predicted molar refractivity (Wildman–Crippen MR) is 62.4 cm³/mol. The number of hydrogen-bond donors (Lipinski definition) is 1. The van der Waals surface area contributed by atoms with E-state index in [4.69, 9.17) is 17.3 Å². The molecule has 1 rings (SSSR count). The van der Waals surface area contributed by atoms with E-state index in [1.807, 2.05) is 0 Å². The van der Waals surface area contributed by atoms with Gasteiger partial charge in [0.2, 0.25) is 0 Å². The van der Waals surface area contributed by atoms with E-state index in [1.54, 1.807) is 12.3 Å². The molecule has 0 saturated heterocycles. The van der Waals surface area contributed by atoms with E-state index >= 15 is 0 Å². The van der Waals surface area contributed by atoms with Crippen LogP contribution in [0.5, 0.6) is 0 Å². The van der Waals surface area contributed by atoms with Crippen LogP contribution < -0.4 is 5.73 Å². The summed E-state index contributed by atoms with van der Waals surface area (Å²) in [6.07, 6.45) is -0.373. The molecule has 0 aliphatic rings. The summed E-state index contributed by atoms with van der Waals surface area (Å²) in [6.45, 7) is -1.26. The van der Waals surface area contributed by atoms with Crippen molar-refractivity contribution in [3.63, 3.8) is 0 Å². The van der Waals surface area contributed by atoms with Gasteiger partial charge in [-0.3, -0.25) is 4.98 Å². The molecule has 1 aromatic rings. The lowest BCUT2D eigenvalue weighted by Crippen LogP contribution is -2.26. The van der Waals surface area contributed by atoms with Gasteiger partial charge in [-0.05, 0) is 24.5 Å². The van der Waals surface area contributed by atoms with Crippen molar-refractivity contribution in [2.45, 2.75) is 25.1 Å². The summed E-state index contributed by atoms with van der Waals surface area (Å²) in [5.74, 6) is 0. The summed E-state index contributed by atoms with van der Waals surface area (Å²) in [7, 11) is 0. The third-order valence-electron chi connectivity index (χ3n) is 2.24. The Morgan fingerprint density at radius 2 is 2.17 bits per heavy atom. The average Bonchev–Trinajstić information content (AvgIpc) is 2.26. The maximum Gasteiger partial charge on any atom is 0.411 e. The quantitative estimate of drug-likeness (QED) is 0.816. The molecular formula is C11H14ClF3N2O. The van der Waals surface area contributed by atoms with Gasteiger partial charge in [0.05, 0.1) is 5.02 Å². The van der Waals surface area contributed by atoms with Gasteiger partial charge in [-0.1, -0.05) is 11.6 Å². The average molecular weight is 283 g/mol. The second kappa shape index (κ2) is 6.92. The highest BCUT2D eigenvalue weighted by Gasteiger charge is 2.27. The van der Waals surface area contributed by atoms with E-state index in [0.29, 0.717) is 17.9 Å². The third kappa shape index (κ3) is 6.18. The van der Waals surface area contributed by atoms with Gasteiger partial charge in [0.15, 0.2) is 0 Å². The Balaban J connectivity index is 2.26. The van der Waals surface area contributed by atoms with Crippen molar-refractivity contribution in [1.29, 1.82) is 0 Å². The van der Waals surface area contributed by atoms with Crippen LogP contribution in [0.3, 0.4) is 0 Å². The molecule has 1 unspecified atom stereocenters. The molecule has 0 amide bonds.